The van der Waals surface area contributed by atoms with Crippen molar-refractivity contribution in [1.29, 1.82) is 0 Å². The summed E-state index contributed by atoms with van der Waals surface area (Å²) in [6.45, 7) is 6.26. The average Bonchev–Trinajstić information content (AvgIpc) is 2.96. The molecule has 0 unspecified atom stereocenters. The Hall–Kier alpha value is -1.60. The highest BCUT2D eigenvalue weighted by molar-refractivity contribution is 7.99. The molecule has 1 aromatic heterocycles. The molecular formula is C16H21FN4S2. The largest absolute Gasteiger partial charge is 0.357 e. The van der Waals surface area contributed by atoms with Gasteiger partial charge in [-0.2, -0.15) is 0 Å². The lowest BCUT2D eigenvalue weighted by atomic mass is 10.4. The number of guanidine groups is 1. The Bertz CT molecular complexity index is 625. The van der Waals surface area contributed by atoms with E-state index in [1.165, 1.54) is 17.0 Å². The zero-order valence-electron chi connectivity index (χ0n) is 13.3. The Morgan fingerprint density at radius 1 is 1.30 bits per heavy atom. The highest BCUT2D eigenvalue weighted by Gasteiger charge is 2.01. The first-order valence-electron chi connectivity index (χ1n) is 7.49. The van der Waals surface area contributed by atoms with Crippen molar-refractivity contribution in [3.05, 3.63) is 46.2 Å². The topological polar surface area (TPSA) is 49.3 Å². The molecule has 0 radical (unpaired) electrons. The zero-order chi connectivity index (χ0) is 16.5. The molecule has 7 heteroatoms. The molecule has 0 aliphatic rings. The van der Waals surface area contributed by atoms with Gasteiger partial charge < -0.3 is 10.6 Å². The van der Waals surface area contributed by atoms with Crippen molar-refractivity contribution in [2.75, 3.05) is 18.8 Å². The third kappa shape index (κ3) is 6.58. The number of rotatable bonds is 7. The van der Waals surface area contributed by atoms with E-state index < -0.39 is 0 Å². The number of benzene rings is 1. The fraction of sp³-hybridized carbons (Fsp3) is 0.375. The van der Waals surface area contributed by atoms with E-state index >= 15 is 0 Å². The van der Waals surface area contributed by atoms with Crippen molar-refractivity contribution < 1.29 is 4.39 Å². The first-order valence-corrected chi connectivity index (χ1v) is 9.29. The molecule has 0 saturated heterocycles. The molecule has 0 saturated carbocycles. The van der Waals surface area contributed by atoms with Crippen LogP contribution >= 0.6 is 23.1 Å². The van der Waals surface area contributed by atoms with Crippen LogP contribution in [0.1, 0.15) is 16.8 Å². The summed E-state index contributed by atoms with van der Waals surface area (Å²) >= 11 is 3.35. The normalized spacial score (nSPS) is 11.5. The number of nitrogens with zero attached hydrogens (tertiary/aromatic N) is 2. The monoisotopic (exact) mass is 352 g/mol. The van der Waals surface area contributed by atoms with Crippen LogP contribution in [0.4, 0.5) is 4.39 Å². The predicted molar refractivity (Wildman–Crippen MR) is 96.8 cm³/mol. The van der Waals surface area contributed by atoms with E-state index in [-0.39, 0.29) is 5.82 Å². The molecular weight excluding hydrogens is 331 g/mol. The maximum atomic E-state index is 12.8. The minimum Gasteiger partial charge on any atom is -0.357 e. The quantitative estimate of drug-likeness (QED) is 0.347. The van der Waals surface area contributed by atoms with Gasteiger partial charge >= 0.3 is 0 Å². The number of halogens is 1. The van der Waals surface area contributed by atoms with Gasteiger partial charge in [-0.15, -0.1) is 23.1 Å². The Kier molecular flexibility index (Phi) is 7.35. The predicted octanol–water partition coefficient (Wildman–Crippen LogP) is 3.44. The van der Waals surface area contributed by atoms with Gasteiger partial charge in [-0.05, 0) is 38.1 Å². The number of aryl methyl sites for hydroxylation is 1. The summed E-state index contributed by atoms with van der Waals surface area (Å²) in [4.78, 5) is 11.1. The fourth-order valence-corrected chi connectivity index (χ4v) is 3.31. The lowest BCUT2D eigenvalue weighted by Gasteiger charge is -2.10. The van der Waals surface area contributed by atoms with E-state index in [0.717, 1.165) is 34.7 Å². The summed E-state index contributed by atoms with van der Waals surface area (Å²) in [5.74, 6) is 1.47. The summed E-state index contributed by atoms with van der Waals surface area (Å²) in [7, 11) is 0. The molecule has 0 aliphatic heterocycles. The second-order valence-electron chi connectivity index (χ2n) is 4.79. The molecule has 0 spiro atoms. The van der Waals surface area contributed by atoms with Gasteiger partial charge in [0, 0.05) is 34.8 Å². The zero-order valence-corrected chi connectivity index (χ0v) is 14.9. The van der Waals surface area contributed by atoms with Crippen molar-refractivity contribution in [2.45, 2.75) is 25.3 Å². The van der Waals surface area contributed by atoms with Gasteiger partial charge in [0.25, 0.3) is 0 Å². The molecule has 124 valence electrons. The van der Waals surface area contributed by atoms with E-state index in [1.54, 1.807) is 35.2 Å². The maximum absolute atomic E-state index is 12.8. The molecule has 1 heterocycles. The van der Waals surface area contributed by atoms with Crippen molar-refractivity contribution in [1.82, 2.24) is 15.6 Å². The molecule has 0 amide bonds. The Balaban J connectivity index is 1.76. The third-order valence-corrected chi connectivity index (χ3v) is 4.77. The van der Waals surface area contributed by atoms with Gasteiger partial charge in [0.15, 0.2) is 5.96 Å². The van der Waals surface area contributed by atoms with Gasteiger partial charge in [0.05, 0.1) is 6.54 Å². The van der Waals surface area contributed by atoms with Gasteiger partial charge in [-0.1, -0.05) is 0 Å². The van der Waals surface area contributed by atoms with Crippen LogP contribution in [-0.2, 0) is 6.54 Å². The van der Waals surface area contributed by atoms with Gasteiger partial charge in [-0.3, -0.25) is 0 Å². The number of nitrogens with one attached hydrogen (secondary N) is 2. The minimum absolute atomic E-state index is 0.202. The second kappa shape index (κ2) is 9.52. The Labute approximate surface area is 144 Å². The summed E-state index contributed by atoms with van der Waals surface area (Å²) in [6.07, 6.45) is 1.87. The maximum Gasteiger partial charge on any atom is 0.191 e. The third-order valence-electron chi connectivity index (χ3n) is 2.86. The van der Waals surface area contributed by atoms with Crippen LogP contribution in [0.5, 0.6) is 0 Å². The lowest BCUT2D eigenvalue weighted by Crippen LogP contribution is -2.38. The number of aliphatic imine (C=N–C) groups is 1. The number of thiazole rings is 1. The average molecular weight is 353 g/mol. The molecule has 2 N–H and O–H groups in total. The summed E-state index contributed by atoms with van der Waals surface area (Å²) in [5, 5.41) is 7.54. The number of aromatic nitrogens is 1. The number of hydrogen-bond donors (Lipinski definition) is 2. The van der Waals surface area contributed by atoms with Crippen LogP contribution in [0.3, 0.4) is 0 Å². The van der Waals surface area contributed by atoms with E-state index in [9.17, 15) is 4.39 Å². The lowest BCUT2D eigenvalue weighted by molar-refractivity contribution is 0.626. The van der Waals surface area contributed by atoms with Gasteiger partial charge in [-0.25, -0.2) is 14.4 Å². The SMILES string of the molecule is CCNC(=NCc1ncc(C)s1)NCCSc1ccc(F)cc1. The molecule has 2 rings (SSSR count). The molecule has 0 aliphatic carbocycles. The van der Waals surface area contributed by atoms with Crippen molar-refractivity contribution >= 4 is 29.1 Å². The molecule has 2 aromatic rings. The number of thioether (sulfide) groups is 1. The fourth-order valence-electron chi connectivity index (χ4n) is 1.83. The van der Waals surface area contributed by atoms with E-state index in [4.69, 9.17) is 0 Å². The first kappa shape index (κ1) is 17.7. The Morgan fingerprint density at radius 2 is 2.09 bits per heavy atom. The molecule has 4 nitrogen and oxygen atoms in total. The van der Waals surface area contributed by atoms with Crippen LogP contribution in [0, 0.1) is 12.7 Å². The van der Waals surface area contributed by atoms with Gasteiger partial charge in [0.1, 0.15) is 10.8 Å². The summed E-state index contributed by atoms with van der Waals surface area (Å²) in [5.41, 5.74) is 0. The standard InChI is InChI=1S/C16H21FN4S2/c1-3-18-16(21-11-15-20-10-12(2)23-15)19-8-9-22-14-6-4-13(17)5-7-14/h4-7,10H,3,8-9,11H2,1-2H3,(H2,18,19,21). The minimum atomic E-state index is -0.202. The smallest absolute Gasteiger partial charge is 0.191 e. The van der Waals surface area contributed by atoms with E-state index in [2.05, 4.69) is 20.6 Å². The van der Waals surface area contributed by atoms with Crippen LogP contribution in [0.25, 0.3) is 0 Å². The molecule has 0 fully saturated rings. The molecule has 0 atom stereocenters. The summed E-state index contributed by atoms with van der Waals surface area (Å²) in [6, 6.07) is 6.56. The highest BCUT2D eigenvalue weighted by atomic mass is 32.2. The van der Waals surface area contributed by atoms with Gasteiger partial charge in [0.2, 0.25) is 0 Å². The van der Waals surface area contributed by atoms with Crippen LogP contribution in [-0.4, -0.2) is 29.8 Å². The number of hydrogen-bond acceptors (Lipinski definition) is 4. The van der Waals surface area contributed by atoms with E-state index in [0.29, 0.717) is 6.54 Å². The molecule has 23 heavy (non-hydrogen) atoms. The second-order valence-corrected chi connectivity index (χ2v) is 7.28. The molecule has 1 aromatic carbocycles. The first-order chi connectivity index (χ1) is 11.2. The highest BCUT2D eigenvalue weighted by Crippen LogP contribution is 2.17. The van der Waals surface area contributed by atoms with Crippen LogP contribution in [0.2, 0.25) is 0 Å². The van der Waals surface area contributed by atoms with Crippen molar-refractivity contribution in [3.63, 3.8) is 0 Å². The van der Waals surface area contributed by atoms with E-state index in [1.807, 2.05) is 20.0 Å². The summed E-state index contributed by atoms with van der Waals surface area (Å²) < 4.78 is 12.8. The van der Waals surface area contributed by atoms with Crippen LogP contribution < -0.4 is 10.6 Å². The Morgan fingerprint density at radius 3 is 2.74 bits per heavy atom. The van der Waals surface area contributed by atoms with Crippen molar-refractivity contribution in [3.8, 4) is 0 Å². The van der Waals surface area contributed by atoms with Crippen LogP contribution in [0.15, 0.2) is 40.4 Å². The molecule has 0 bridgehead atoms. The van der Waals surface area contributed by atoms with Crippen molar-refractivity contribution in [2.24, 2.45) is 4.99 Å².